The summed E-state index contributed by atoms with van der Waals surface area (Å²) < 4.78 is 47.6. The van der Waals surface area contributed by atoms with Gasteiger partial charge in [-0.2, -0.15) is 0 Å². The number of fused-ring (bicyclic) bond motifs is 2. The smallest absolute Gasteiger partial charge is 0.257 e. The molecule has 5 fully saturated rings. The highest BCUT2D eigenvalue weighted by atomic mass is 19.1. The fourth-order valence-electron chi connectivity index (χ4n) is 16.0. The Morgan fingerprint density at radius 1 is 0.540 bits per heavy atom. The summed E-state index contributed by atoms with van der Waals surface area (Å²) in [6.45, 7) is 25.8. The van der Waals surface area contributed by atoms with E-state index in [0.717, 1.165) is 134 Å². The molecule has 2 aliphatic carbocycles. The van der Waals surface area contributed by atoms with Crippen molar-refractivity contribution in [3.63, 3.8) is 0 Å². The summed E-state index contributed by atoms with van der Waals surface area (Å²) in [6.07, 6.45) is 6.03. The number of aromatic nitrogens is 9. The fraction of sp³-hybridized carbons (Fsp3) is 0.512. The van der Waals surface area contributed by atoms with Gasteiger partial charge in [-0.05, 0) is 165 Å². The SMILES string of the molecule is CNCC(O)COc1cccc(-c2nc(-c3c(C)noc3C)c(C)c(N3CCN(C(=O)C(C)F)C(C)C3)n2)c1.CNCC(O)COc1cccc(-c2nc(-c3c(C)noc3C)c(C)c(N3CCN(C(=O)C4CCCCC4)CC3)n2)c1.CNCC(O)COc1cccc(-c2nc(-c3c(C)noc3C)cc(N3C[C@@H]4CC[C@H]3C4)n2)c1. The second-order valence-corrected chi connectivity index (χ2v) is 30.4. The summed E-state index contributed by atoms with van der Waals surface area (Å²) in [5, 5.41) is 51.3. The third-order valence-corrected chi connectivity index (χ3v) is 21.8. The number of carbonyl (C=O) groups excluding carboxylic acids is 2. The number of hydrogen-bond donors (Lipinski definition) is 6. The maximum atomic E-state index is 13.8. The number of ether oxygens (including phenoxy) is 3. The Morgan fingerprint density at radius 2 is 0.991 bits per heavy atom. The number of piperidine rings is 1. The molecule has 3 saturated heterocycles. The van der Waals surface area contributed by atoms with Gasteiger partial charge in [0, 0.05) is 124 Å². The molecule has 3 aliphatic heterocycles. The van der Waals surface area contributed by atoms with Gasteiger partial charge in [0.25, 0.3) is 5.91 Å². The van der Waals surface area contributed by atoms with Gasteiger partial charge in [0.15, 0.2) is 23.6 Å². The second kappa shape index (κ2) is 37.7. The van der Waals surface area contributed by atoms with E-state index in [1.807, 2.05) is 140 Å². The monoisotopic (exact) mass is 1550 g/mol. The molecule has 2 amide bonds. The lowest BCUT2D eigenvalue weighted by Gasteiger charge is -2.41. The summed E-state index contributed by atoms with van der Waals surface area (Å²) in [4.78, 5) is 65.9. The predicted molar refractivity (Wildman–Crippen MR) is 431 cm³/mol. The van der Waals surface area contributed by atoms with E-state index in [1.54, 1.807) is 26.0 Å². The van der Waals surface area contributed by atoms with E-state index < -0.39 is 30.4 Å². The molecule has 0 radical (unpaired) electrons. The minimum absolute atomic E-state index is 0.146. The molecule has 5 unspecified atom stereocenters. The Balaban J connectivity index is 0.000000158. The first-order valence-corrected chi connectivity index (χ1v) is 39.6. The summed E-state index contributed by atoms with van der Waals surface area (Å²) in [5.41, 5.74) is 11.5. The minimum Gasteiger partial charge on any atom is -0.491 e. The Labute approximate surface area is 660 Å². The van der Waals surface area contributed by atoms with Crippen LogP contribution in [0.1, 0.15) is 111 Å². The highest BCUT2D eigenvalue weighted by Gasteiger charge is 2.40. The number of benzene rings is 3. The number of nitrogens with one attached hydrogen (secondary N) is 3. The van der Waals surface area contributed by atoms with Gasteiger partial charge in [-0.25, -0.2) is 34.3 Å². The number of nitrogens with zero attached hydrogens (tertiary/aromatic N) is 14. The molecular weight excluding hydrogens is 1440 g/mol. The summed E-state index contributed by atoms with van der Waals surface area (Å²) >= 11 is 0. The molecule has 9 heterocycles. The maximum Gasteiger partial charge on any atom is 0.257 e. The fourth-order valence-corrected chi connectivity index (χ4v) is 16.0. The number of likely N-dealkylation sites (N-methyl/N-ethyl adjacent to an activating group) is 3. The highest BCUT2D eigenvalue weighted by Crippen LogP contribution is 2.43. The number of rotatable bonds is 26. The minimum atomic E-state index is -1.54. The van der Waals surface area contributed by atoms with Gasteiger partial charge < -0.3 is 83.5 Å². The summed E-state index contributed by atoms with van der Waals surface area (Å²) in [5.74, 6) is 9.04. The molecule has 2 saturated carbocycles. The lowest BCUT2D eigenvalue weighted by molar-refractivity contribution is -0.138. The number of amides is 2. The standard InChI is InChI=1S/C31H42N6O4.C28H37FN6O4.C25H31N5O3/c1-20-28(27-21(2)35-41-22(27)3)33-29(24-11-8-12-26(17-24)40-19-25(38)18-32-4)34-30(20)36-13-15-37(16-14-36)31(39)23-9-6-5-7-10-23;1-16-14-34(10-11-35(16)28(37)18(3)29)27-17(2)25(24-19(4)33-39-20(24)5)31-26(32-27)21-8-7-9-23(12-21)38-15-22(36)13-30-6;1-15-24(16(2)33-29-15)22-11-23(30-13-17-7-8-19(30)9-17)28-25(27-22)18-5-4-6-21(10-18)32-14-20(31)12-26-3/h8,11-12,17,23,25,32,38H,5-7,9-10,13-16,18-19H2,1-4H3;7-9,12,16,18,22,30,36H,10-11,13-15H2,1-6H3;4-6,10-11,17,19-20,26,31H,7-9,12-14H2,1-3H3/t;;17-,19+,20?/m..1/s1. The second-order valence-electron chi connectivity index (χ2n) is 30.4. The Hall–Kier alpha value is -10.0. The molecule has 14 rings (SSSR count). The van der Waals surface area contributed by atoms with Crippen LogP contribution in [0.15, 0.2) is 92.4 Å². The average molecular weight is 1550 g/mol. The van der Waals surface area contributed by atoms with Crippen molar-refractivity contribution in [2.45, 2.75) is 157 Å². The molecule has 0 spiro atoms. The van der Waals surface area contributed by atoms with Crippen LogP contribution in [0, 0.1) is 67.2 Å². The van der Waals surface area contributed by atoms with Gasteiger partial charge in [-0.1, -0.05) is 71.1 Å². The van der Waals surface area contributed by atoms with Crippen LogP contribution in [0.5, 0.6) is 17.2 Å². The van der Waals surface area contributed by atoms with Gasteiger partial charge in [0.05, 0.1) is 50.9 Å². The van der Waals surface area contributed by atoms with Crippen molar-refractivity contribution in [3.8, 4) is 85.2 Å². The van der Waals surface area contributed by atoms with Crippen LogP contribution in [0.3, 0.4) is 0 Å². The summed E-state index contributed by atoms with van der Waals surface area (Å²) in [7, 11) is 5.37. The van der Waals surface area contributed by atoms with Crippen LogP contribution in [0.4, 0.5) is 21.8 Å². The van der Waals surface area contributed by atoms with Crippen molar-refractivity contribution in [2.24, 2.45) is 11.8 Å². The van der Waals surface area contributed by atoms with Gasteiger partial charge in [-0.15, -0.1) is 0 Å². The third kappa shape index (κ3) is 19.8. The first kappa shape index (κ1) is 82.4. The zero-order valence-electron chi connectivity index (χ0n) is 67.4. The zero-order valence-corrected chi connectivity index (χ0v) is 67.4. The van der Waals surface area contributed by atoms with Gasteiger partial charge >= 0.3 is 0 Å². The van der Waals surface area contributed by atoms with Crippen LogP contribution >= 0.6 is 0 Å². The third-order valence-electron chi connectivity index (χ3n) is 21.8. The Kier molecular flexibility index (Phi) is 27.5. The van der Waals surface area contributed by atoms with E-state index >= 15 is 0 Å². The van der Waals surface area contributed by atoms with E-state index in [4.69, 9.17) is 57.7 Å². The number of piperazine rings is 2. The van der Waals surface area contributed by atoms with Crippen molar-refractivity contribution in [1.29, 1.82) is 0 Å². The lowest BCUT2D eigenvalue weighted by Crippen LogP contribution is -2.56. The molecule has 6 aromatic heterocycles. The van der Waals surface area contributed by atoms with Crippen molar-refractivity contribution in [2.75, 3.05) is 128 Å². The van der Waals surface area contributed by atoms with Crippen molar-refractivity contribution >= 4 is 29.3 Å². The number of aliphatic hydroxyl groups excluding tert-OH is 3. The van der Waals surface area contributed by atoms with Crippen molar-refractivity contribution < 1.29 is 57.1 Å². The number of alkyl halides is 1. The average Bonchev–Trinajstić information content (AvgIpc) is 1.77. The normalized spacial score (nSPS) is 18.1. The number of halogens is 1. The van der Waals surface area contributed by atoms with Gasteiger partial charge in [-0.3, -0.25) is 9.59 Å². The number of aliphatic hydroxyl groups is 3. The molecule has 29 heteroatoms. The quantitative estimate of drug-likeness (QED) is 0.0293. The predicted octanol–water partition coefficient (Wildman–Crippen LogP) is 10.4. The molecule has 7 atom stereocenters. The van der Waals surface area contributed by atoms with E-state index in [1.165, 1.54) is 32.6 Å². The molecular formula is C84H110FN17O11. The van der Waals surface area contributed by atoms with Crippen LogP contribution in [0.2, 0.25) is 0 Å². The van der Waals surface area contributed by atoms with E-state index in [-0.39, 0.29) is 31.8 Å². The molecule has 5 aliphatic rings. The van der Waals surface area contributed by atoms with Gasteiger partial charge in [0.2, 0.25) is 5.91 Å². The summed E-state index contributed by atoms with van der Waals surface area (Å²) in [6, 6.07) is 25.2. The number of carbonyl (C=O) groups is 2. The van der Waals surface area contributed by atoms with E-state index in [2.05, 4.69) is 52.2 Å². The van der Waals surface area contributed by atoms with Gasteiger partial charge in [0.1, 0.15) is 90.1 Å². The molecule has 9 aromatic rings. The molecule has 3 aromatic carbocycles. The van der Waals surface area contributed by atoms with Crippen LogP contribution in [0.25, 0.3) is 67.9 Å². The largest absolute Gasteiger partial charge is 0.491 e. The van der Waals surface area contributed by atoms with Crippen LogP contribution in [-0.2, 0) is 9.59 Å². The zero-order chi connectivity index (χ0) is 80.1. The Bertz CT molecular complexity index is 4650. The maximum absolute atomic E-state index is 13.8. The van der Waals surface area contributed by atoms with Crippen molar-refractivity contribution in [1.82, 2.24) is 71.1 Å². The number of hydrogen-bond acceptors (Lipinski definition) is 26. The molecule has 28 nitrogen and oxygen atoms in total. The first-order chi connectivity index (χ1) is 54.5. The van der Waals surface area contributed by atoms with Crippen molar-refractivity contribution in [3.05, 3.63) is 124 Å². The first-order valence-electron chi connectivity index (χ1n) is 39.6. The number of aryl methyl sites for hydroxylation is 6. The lowest BCUT2D eigenvalue weighted by atomic mass is 9.88. The number of anilines is 3. The Morgan fingerprint density at radius 3 is 1.41 bits per heavy atom. The van der Waals surface area contributed by atoms with E-state index in [9.17, 15) is 29.3 Å². The molecule has 2 bridgehead atoms. The van der Waals surface area contributed by atoms with E-state index in [0.29, 0.717) is 129 Å². The topological polar surface area (TPSA) is 330 Å². The van der Waals surface area contributed by atoms with Crippen LogP contribution < -0.4 is 44.9 Å². The molecule has 113 heavy (non-hydrogen) atoms. The molecule has 604 valence electrons. The van der Waals surface area contributed by atoms with Crippen LogP contribution in [-0.4, -0.2) is 232 Å². The highest BCUT2D eigenvalue weighted by molar-refractivity contribution is 5.82. The molecule has 6 N–H and O–H groups in total.